The normalized spacial score (nSPS) is 10.8. The molecule has 1 aromatic carbocycles. The number of benzene rings is 1. The van der Waals surface area contributed by atoms with Gasteiger partial charge in [-0.15, -0.1) is 0 Å². The van der Waals surface area contributed by atoms with Crippen molar-refractivity contribution in [3.63, 3.8) is 0 Å². The summed E-state index contributed by atoms with van der Waals surface area (Å²) >= 11 is 0. The highest BCUT2D eigenvalue weighted by atomic mass is 16.5. The first-order valence-corrected chi connectivity index (χ1v) is 8.50. The van der Waals surface area contributed by atoms with Crippen LogP contribution < -0.4 is 10.4 Å². The van der Waals surface area contributed by atoms with Crippen LogP contribution in [-0.2, 0) is 7.05 Å². The lowest BCUT2D eigenvalue weighted by Crippen LogP contribution is -2.11. The zero-order valence-corrected chi connectivity index (χ0v) is 15.8. The van der Waals surface area contributed by atoms with Crippen LogP contribution >= 0.6 is 0 Å². The molecule has 1 N–H and O–H groups in total. The van der Waals surface area contributed by atoms with Crippen LogP contribution in [0.1, 0.15) is 25.3 Å². The van der Waals surface area contributed by atoms with Gasteiger partial charge in [-0.05, 0) is 26.0 Å². The summed E-state index contributed by atoms with van der Waals surface area (Å²) in [5, 5.41) is 4.86. The molecule has 0 aliphatic heterocycles. The van der Waals surface area contributed by atoms with Gasteiger partial charge in [-0.3, -0.25) is 9.55 Å². The summed E-state index contributed by atoms with van der Waals surface area (Å²) in [5.41, 5.74) is 4.66. The largest absolute Gasteiger partial charge is 0.496 e. The van der Waals surface area contributed by atoms with Gasteiger partial charge in [0.2, 0.25) is 0 Å². The third-order valence-electron chi connectivity index (χ3n) is 4.35. The van der Waals surface area contributed by atoms with Gasteiger partial charge in [0, 0.05) is 18.0 Å². The Morgan fingerprint density at radius 1 is 1.23 bits per heavy atom. The van der Waals surface area contributed by atoms with Gasteiger partial charge in [0.05, 0.1) is 41.1 Å². The Morgan fingerprint density at radius 2 is 1.96 bits per heavy atom. The Bertz CT molecular complexity index is 1130. The molecule has 0 aliphatic carbocycles. The molecule has 3 aromatic heterocycles. The molecule has 0 bridgehead atoms. The molecule has 26 heavy (non-hydrogen) atoms. The standard InChI is InChI=1S/C17H16N4O3.C2H6/c1-8-15(9(2)24-20-8)11-5-12-10(6-14(11)23-4)16-13(7-18-12)19-17(22)21(16)3;1-2/h5-7H,1-4H3,(H,19,22);1-2H3. The van der Waals surface area contributed by atoms with Crippen LogP contribution in [0, 0.1) is 13.8 Å². The van der Waals surface area contributed by atoms with E-state index in [9.17, 15) is 4.79 Å². The molecule has 0 amide bonds. The highest BCUT2D eigenvalue weighted by Gasteiger charge is 2.19. The monoisotopic (exact) mass is 354 g/mol. The number of rotatable bonds is 2. The topological polar surface area (TPSA) is 85.9 Å². The lowest BCUT2D eigenvalue weighted by Gasteiger charge is -2.11. The molecule has 0 radical (unpaired) electrons. The van der Waals surface area contributed by atoms with E-state index in [1.165, 1.54) is 0 Å². The number of ether oxygens (including phenoxy) is 1. The molecule has 7 nitrogen and oxygen atoms in total. The molecule has 4 rings (SSSR count). The average Bonchev–Trinajstić information content (AvgIpc) is 3.14. The molecule has 3 heterocycles. The van der Waals surface area contributed by atoms with Crippen LogP contribution in [0.15, 0.2) is 27.6 Å². The zero-order chi connectivity index (χ0) is 19.0. The summed E-state index contributed by atoms with van der Waals surface area (Å²) in [6.45, 7) is 7.76. The summed E-state index contributed by atoms with van der Waals surface area (Å²) in [6, 6.07) is 3.84. The Hall–Kier alpha value is -3.09. The van der Waals surface area contributed by atoms with Crippen LogP contribution in [0.5, 0.6) is 5.75 Å². The summed E-state index contributed by atoms with van der Waals surface area (Å²) < 4.78 is 12.4. The van der Waals surface area contributed by atoms with E-state index >= 15 is 0 Å². The van der Waals surface area contributed by atoms with Crippen LogP contribution in [0.25, 0.3) is 33.1 Å². The number of hydrogen-bond donors (Lipinski definition) is 1. The van der Waals surface area contributed by atoms with Gasteiger partial charge in [-0.25, -0.2) is 4.79 Å². The van der Waals surface area contributed by atoms with Gasteiger partial charge in [-0.2, -0.15) is 0 Å². The molecule has 0 aliphatic rings. The van der Waals surface area contributed by atoms with E-state index in [4.69, 9.17) is 9.26 Å². The maximum absolute atomic E-state index is 11.9. The van der Waals surface area contributed by atoms with E-state index in [1.807, 2.05) is 39.8 Å². The van der Waals surface area contributed by atoms with Crippen molar-refractivity contribution in [3.8, 4) is 16.9 Å². The third kappa shape index (κ3) is 2.56. The fourth-order valence-electron chi connectivity index (χ4n) is 3.19. The van der Waals surface area contributed by atoms with Crippen LogP contribution in [0.2, 0.25) is 0 Å². The minimum absolute atomic E-state index is 0.173. The minimum atomic E-state index is -0.173. The number of fused-ring (bicyclic) bond motifs is 3. The number of imidazole rings is 1. The predicted molar refractivity (Wildman–Crippen MR) is 102 cm³/mol. The van der Waals surface area contributed by atoms with Crippen molar-refractivity contribution in [2.24, 2.45) is 7.05 Å². The first-order chi connectivity index (χ1) is 12.5. The van der Waals surface area contributed by atoms with E-state index in [0.29, 0.717) is 11.3 Å². The average molecular weight is 354 g/mol. The van der Waals surface area contributed by atoms with Crippen molar-refractivity contribution in [1.82, 2.24) is 19.7 Å². The molecule has 0 spiro atoms. The van der Waals surface area contributed by atoms with Gasteiger partial charge in [-0.1, -0.05) is 19.0 Å². The van der Waals surface area contributed by atoms with Gasteiger partial charge in [0.15, 0.2) is 0 Å². The molecule has 0 unspecified atom stereocenters. The zero-order valence-electron chi connectivity index (χ0n) is 15.8. The van der Waals surface area contributed by atoms with Gasteiger partial charge in [0.1, 0.15) is 11.5 Å². The predicted octanol–water partition coefficient (Wildman–Crippen LogP) is 3.72. The first-order valence-electron chi connectivity index (χ1n) is 8.50. The highest BCUT2D eigenvalue weighted by Crippen LogP contribution is 2.38. The lowest BCUT2D eigenvalue weighted by molar-refractivity contribution is 0.393. The van der Waals surface area contributed by atoms with E-state index in [1.54, 1.807) is 24.9 Å². The number of hydrogen-bond acceptors (Lipinski definition) is 5. The van der Waals surface area contributed by atoms with Gasteiger partial charge >= 0.3 is 5.69 Å². The smallest absolute Gasteiger partial charge is 0.326 e. The number of pyridine rings is 1. The summed E-state index contributed by atoms with van der Waals surface area (Å²) in [5.74, 6) is 1.40. The van der Waals surface area contributed by atoms with Crippen molar-refractivity contribution in [2.45, 2.75) is 27.7 Å². The van der Waals surface area contributed by atoms with Crippen LogP contribution in [0.4, 0.5) is 0 Å². The van der Waals surface area contributed by atoms with Crippen molar-refractivity contribution >= 4 is 21.9 Å². The fourth-order valence-corrected chi connectivity index (χ4v) is 3.19. The molecular weight excluding hydrogens is 332 g/mol. The Morgan fingerprint density at radius 3 is 2.58 bits per heavy atom. The SMILES string of the molecule is CC.COc1cc2c(cc1-c1c(C)noc1C)ncc1[nH]c(=O)n(C)c12. The number of nitrogens with one attached hydrogen (secondary N) is 1. The number of aromatic amines is 1. The molecule has 0 fully saturated rings. The van der Waals surface area contributed by atoms with Gasteiger partial charge < -0.3 is 14.2 Å². The van der Waals surface area contributed by atoms with E-state index in [-0.39, 0.29) is 5.69 Å². The van der Waals surface area contributed by atoms with Crippen molar-refractivity contribution in [2.75, 3.05) is 7.11 Å². The summed E-state index contributed by atoms with van der Waals surface area (Å²) in [7, 11) is 3.35. The first kappa shape index (κ1) is 17.7. The second-order valence-corrected chi connectivity index (χ2v) is 5.78. The van der Waals surface area contributed by atoms with Crippen molar-refractivity contribution < 1.29 is 9.26 Å². The Balaban J connectivity index is 0.000000948. The number of aromatic nitrogens is 4. The number of nitrogens with zero attached hydrogens (tertiary/aromatic N) is 3. The van der Waals surface area contributed by atoms with E-state index in [2.05, 4.69) is 15.1 Å². The fraction of sp³-hybridized carbons (Fsp3) is 0.316. The van der Waals surface area contributed by atoms with Crippen molar-refractivity contribution in [3.05, 3.63) is 40.3 Å². The number of methoxy groups -OCH3 is 1. The maximum Gasteiger partial charge on any atom is 0.326 e. The molecule has 4 aromatic rings. The minimum Gasteiger partial charge on any atom is -0.496 e. The van der Waals surface area contributed by atoms with Gasteiger partial charge in [0.25, 0.3) is 0 Å². The molecular formula is C19H22N4O3. The van der Waals surface area contributed by atoms with E-state index in [0.717, 1.165) is 39.0 Å². The summed E-state index contributed by atoms with van der Waals surface area (Å²) in [6.07, 6.45) is 1.67. The number of aryl methyl sites for hydroxylation is 3. The van der Waals surface area contributed by atoms with Crippen molar-refractivity contribution in [1.29, 1.82) is 0 Å². The van der Waals surface area contributed by atoms with Crippen LogP contribution in [0.3, 0.4) is 0 Å². The molecule has 0 saturated carbocycles. The second-order valence-electron chi connectivity index (χ2n) is 5.78. The lowest BCUT2D eigenvalue weighted by atomic mass is 10.0. The van der Waals surface area contributed by atoms with Crippen LogP contribution in [-0.4, -0.2) is 26.8 Å². The number of H-pyrrole nitrogens is 1. The molecule has 136 valence electrons. The molecule has 7 heteroatoms. The highest BCUT2D eigenvalue weighted by molar-refractivity contribution is 6.04. The van der Waals surface area contributed by atoms with E-state index < -0.39 is 0 Å². The molecule has 0 atom stereocenters. The Labute approximate surface area is 150 Å². The summed E-state index contributed by atoms with van der Waals surface area (Å²) in [4.78, 5) is 19.2. The quantitative estimate of drug-likeness (QED) is 0.593. The molecule has 0 saturated heterocycles. The Kier molecular flexibility index (Phi) is 4.54. The second kappa shape index (κ2) is 6.67. The maximum atomic E-state index is 11.9. The third-order valence-corrected chi connectivity index (χ3v) is 4.35.